The number of anilines is 1. The zero-order valence-corrected chi connectivity index (χ0v) is 13.3. The number of aryl methyl sites for hydroxylation is 3. The molecule has 0 radical (unpaired) electrons. The van der Waals surface area contributed by atoms with Crippen molar-refractivity contribution in [1.29, 1.82) is 0 Å². The van der Waals surface area contributed by atoms with Crippen molar-refractivity contribution in [3.63, 3.8) is 0 Å². The summed E-state index contributed by atoms with van der Waals surface area (Å²) in [5.41, 5.74) is 5.49. The van der Waals surface area contributed by atoms with Crippen molar-refractivity contribution in [1.82, 2.24) is 9.38 Å². The third kappa shape index (κ3) is 2.63. The van der Waals surface area contributed by atoms with E-state index in [2.05, 4.69) is 10.3 Å². The van der Waals surface area contributed by atoms with Crippen LogP contribution in [0.2, 0.25) is 0 Å². The molecule has 6 heteroatoms. The zero-order valence-electron chi connectivity index (χ0n) is 13.3. The van der Waals surface area contributed by atoms with E-state index >= 15 is 0 Å². The van der Waals surface area contributed by atoms with Crippen LogP contribution in [-0.4, -0.2) is 14.3 Å². The van der Waals surface area contributed by atoms with E-state index in [1.165, 1.54) is 6.07 Å². The van der Waals surface area contributed by atoms with Gasteiger partial charge in [0.05, 0.1) is 21.9 Å². The smallest absolute Gasteiger partial charge is 0.274 e. The van der Waals surface area contributed by atoms with Crippen LogP contribution in [0.25, 0.3) is 5.65 Å². The van der Waals surface area contributed by atoms with Gasteiger partial charge in [0, 0.05) is 24.5 Å². The topological polar surface area (TPSA) is 72.5 Å². The van der Waals surface area contributed by atoms with Crippen LogP contribution in [0.4, 0.5) is 11.4 Å². The first-order chi connectivity index (χ1) is 11.0. The molecule has 0 aliphatic rings. The molecule has 23 heavy (non-hydrogen) atoms. The van der Waals surface area contributed by atoms with Crippen LogP contribution in [0.1, 0.15) is 22.5 Å². The van der Waals surface area contributed by atoms with Crippen molar-refractivity contribution < 1.29 is 4.92 Å². The van der Waals surface area contributed by atoms with Gasteiger partial charge in [-0.05, 0) is 38.5 Å². The molecular weight excluding hydrogens is 292 g/mol. The fourth-order valence-corrected chi connectivity index (χ4v) is 2.71. The summed E-state index contributed by atoms with van der Waals surface area (Å²) in [6.45, 7) is 6.26. The van der Waals surface area contributed by atoms with E-state index in [9.17, 15) is 10.1 Å². The Morgan fingerprint density at radius 1 is 1.22 bits per heavy atom. The van der Waals surface area contributed by atoms with Gasteiger partial charge in [-0.3, -0.25) is 10.1 Å². The number of rotatable bonds is 4. The first-order valence-corrected chi connectivity index (χ1v) is 7.40. The Bertz CT molecular complexity index is 899. The molecule has 6 nitrogen and oxygen atoms in total. The van der Waals surface area contributed by atoms with Crippen molar-refractivity contribution in [3.05, 3.63) is 69.2 Å². The number of hydrogen-bond donors (Lipinski definition) is 1. The van der Waals surface area contributed by atoms with E-state index in [-0.39, 0.29) is 10.6 Å². The SMILES string of the molecule is Cc1cccc([N+](=O)[O-])c1CNc1cccn2c(C)c(C)nc12. The Morgan fingerprint density at radius 2 is 2.00 bits per heavy atom. The first kappa shape index (κ1) is 15.0. The summed E-state index contributed by atoms with van der Waals surface area (Å²) in [6, 6.07) is 9.00. The fraction of sp³-hybridized carbons (Fsp3) is 0.235. The second-order valence-corrected chi connectivity index (χ2v) is 5.58. The normalized spacial score (nSPS) is 10.9. The molecule has 0 spiro atoms. The zero-order chi connectivity index (χ0) is 16.6. The van der Waals surface area contributed by atoms with Gasteiger partial charge >= 0.3 is 0 Å². The van der Waals surface area contributed by atoms with Crippen LogP contribution in [0.5, 0.6) is 0 Å². The van der Waals surface area contributed by atoms with Gasteiger partial charge in [-0.15, -0.1) is 0 Å². The summed E-state index contributed by atoms with van der Waals surface area (Å²) >= 11 is 0. The molecule has 3 rings (SSSR count). The van der Waals surface area contributed by atoms with Gasteiger partial charge in [0.15, 0.2) is 5.65 Å². The number of imidazole rings is 1. The van der Waals surface area contributed by atoms with Gasteiger partial charge in [-0.25, -0.2) is 4.98 Å². The lowest BCUT2D eigenvalue weighted by Crippen LogP contribution is -2.06. The number of nitro groups is 1. The largest absolute Gasteiger partial charge is 0.378 e. The number of pyridine rings is 1. The van der Waals surface area contributed by atoms with Gasteiger partial charge < -0.3 is 9.72 Å². The number of aromatic nitrogens is 2. The van der Waals surface area contributed by atoms with Crippen LogP contribution < -0.4 is 5.32 Å². The monoisotopic (exact) mass is 310 g/mol. The fourth-order valence-electron chi connectivity index (χ4n) is 2.71. The Balaban J connectivity index is 1.96. The predicted octanol–water partition coefficient (Wildman–Crippen LogP) is 3.78. The summed E-state index contributed by atoms with van der Waals surface area (Å²) < 4.78 is 2.02. The summed E-state index contributed by atoms with van der Waals surface area (Å²) in [6.07, 6.45) is 1.96. The minimum atomic E-state index is -0.339. The molecule has 118 valence electrons. The molecule has 0 bridgehead atoms. The molecule has 0 fully saturated rings. The number of nitrogens with zero attached hydrogens (tertiary/aromatic N) is 3. The van der Waals surface area contributed by atoms with Crippen LogP contribution in [0, 0.1) is 30.9 Å². The van der Waals surface area contributed by atoms with Crippen LogP contribution in [-0.2, 0) is 6.54 Å². The van der Waals surface area contributed by atoms with Crippen LogP contribution in [0.3, 0.4) is 0 Å². The summed E-state index contributed by atoms with van der Waals surface area (Å²) in [4.78, 5) is 15.4. The number of nitrogens with one attached hydrogen (secondary N) is 1. The van der Waals surface area contributed by atoms with Gasteiger partial charge in [-0.1, -0.05) is 12.1 Å². The lowest BCUT2D eigenvalue weighted by Gasteiger charge is -2.10. The third-order valence-electron chi connectivity index (χ3n) is 4.16. The van der Waals surface area contributed by atoms with Gasteiger partial charge in [0.2, 0.25) is 0 Å². The van der Waals surface area contributed by atoms with Crippen molar-refractivity contribution in [2.45, 2.75) is 27.3 Å². The molecule has 0 aliphatic carbocycles. The highest BCUT2D eigenvalue weighted by atomic mass is 16.6. The second-order valence-electron chi connectivity index (χ2n) is 5.58. The number of hydrogen-bond acceptors (Lipinski definition) is 4. The third-order valence-corrected chi connectivity index (χ3v) is 4.16. The molecule has 0 saturated heterocycles. The predicted molar refractivity (Wildman–Crippen MR) is 89.8 cm³/mol. The lowest BCUT2D eigenvalue weighted by molar-refractivity contribution is -0.385. The molecular formula is C17H18N4O2. The van der Waals surface area contributed by atoms with Gasteiger partial charge in [-0.2, -0.15) is 0 Å². The van der Waals surface area contributed by atoms with Gasteiger partial charge in [0.1, 0.15) is 0 Å². The van der Waals surface area contributed by atoms with Gasteiger partial charge in [0.25, 0.3) is 5.69 Å². The minimum absolute atomic E-state index is 0.139. The highest BCUT2D eigenvalue weighted by molar-refractivity contribution is 5.69. The lowest BCUT2D eigenvalue weighted by atomic mass is 10.1. The summed E-state index contributed by atoms with van der Waals surface area (Å²) in [5.74, 6) is 0. The molecule has 0 aliphatic heterocycles. The van der Waals surface area contributed by atoms with E-state index in [4.69, 9.17) is 0 Å². The van der Waals surface area contributed by atoms with Crippen LogP contribution in [0.15, 0.2) is 36.5 Å². The summed E-state index contributed by atoms with van der Waals surface area (Å²) in [7, 11) is 0. The molecule has 0 amide bonds. The first-order valence-electron chi connectivity index (χ1n) is 7.40. The molecule has 1 aromatic carbocycles. The van der Waals surface area contributed by atoms with E-state index in [0.29, 0.717) is 12.1 Å². The highest BCUT2D eigenvalue weighted by Crippen LogP contribution is 2.25. The van der Waals surface area contributed by atoms with E-state index in [1.807, 2.05) is 49.6 Å². The molecule has 2 aromatic heterocycles. The molecule has 1 N–H and O–H groups in total. The Kier molecular flexibility index (Phi) is 3.73. The molecule has 0 saturated carbocycles. The maximum Gasteiger partial charge on any atom is 0.274 e. The number of benzene rings is 1. The molecule has 0 atom stereocenters. The standard InChI is InChI=1S/C17H18N4O2/c1-11-6-4-8-16(21(22)23)14(11)10-18-15-7-5-9-20-13(3)12(2)19-17(15)20/h4-9,18H,10H2,1-3H3. The van der Waals surface area contributed by atoms with Crippen molar-refractivity contribution >= 4 is 17.0 Å². The molecule has 2 heterocycles. The van der Waals surface area contributed by atoms with E-state index in [1.54, 1.807) is 6.07 Å². The highest BCUT2D eigenvalue weighted by Gasteiger charge is 2.16. The number of nitro benzene ring substituents is 1. The minimum Gasteiger partial charge on any atom is -0.378 e. The summed E-state index contributed by atoms with van der Waals surface area (Å²) in [5, 5.41) is 14.5. The van der Waals surface area contributed by atoms with Crippen molar-refractivity contribution in [2.75, 3.05) is 5.32 Å². The Labute approximate surface area is 133 Å². The van der Waals surface area contributed by atoms with Crippen molar-refractivity contribution in [2.24, 2.45) is 0 Å². The van der Waals surface area contributed by atoms with Crippen molar-refractivity contribution in [3.8, 4) is 0 Å². The Hall–Kier alpha value is -2.89. The maximum absolute atomic E-state index is 11.2. The molecule has 3 aromatic rings. The Morgan fingerprint density at radius 3 is 2.74 bits per heavy atom. The maximum atomic E-state index is 11.2. The molecule has 0 unspecified atom stereocenters. The average Bonchev–Trinajstić information content (AvgIpc) is 2.81. The van der Waals surface area contributed by atoms with Crippen LogP contribution >= 0.6 is 0 Å². The second kappa shape index (κ2) is 5.72. The van der Waals surface area contributed by atoms with E-state index < -0.39 is 0 Å². The van der Waals surface area contributed by atoms with E-state index in [0.717, 1.165) is 28.3 Å². The average molecular weight is 310 g/mol. The number of fused-ring (bicyclic) bond motifs is 1. The quantitative estimate of drug-likeness (QED) is 0.588.